The third-order valence-corrected chi connectivity index (χ3v) is 5.06. The normalized spacial score (nSPS) is 11.3. The first-order valence-corrected chi connectivity index (χ1v) is 8.22. The SMILES string of the molecule is Cc1cccc(NS(=O)(=O)c2cc(N)c(Br)cc2C)c1. The highest BCUT2D eigenvalue weighted by atomic mass is 79.9. The molecule has 0 unspecified atom stereocenters. The summed E-state index contributed by atoms with van der Waals surface area (Å²) >= 11 is 3.28. The van der Waals surface area contributed by atoms with Gasteiger partial charge in [-0.15, -0.1) is 0 Å². The lowest BCUT2D eigenvalue weighted by Crippen LogP contribution is -2.14. The van der Waals surface area contributed by atoms with E-state index >= 15 is 0 Å². The van der Waals surface area contributed by atoms with Crippen LogP contribution in [0.15, 0.2) is 45.8 Å². The fraction of sp³-hybridized carbons (Fsp3) is 0.143. The first kappa shape index (κ1) is 14.9. The van der Waals surface area contributed by atoms with E-state index in [4.69, 9.17) is 5.73 Å². The fourth-order valence-electron chi connectivity index (χ4n) is 1.88. The quantitative estimate of drug-likeness (QED) is 0.829. The van der Waals surface area contributed by atoms with Crippen molar-refractivity contribution in [2.24, 2.45) is 0 Å². The molecule has 0 fully saturated rings. The summed E-state index contributed by atoms with van der Waals surface area (Å²) in [6.45, 7) is 3.63. The molecule has 2 aromatic carbocycles. The van der Waals surface area contributed by atoms with E-state index in [-0.39, 0.29) is 4.90 Å². The predicted octanol–water partition coefficient (Wildman–Crippen LogP) is 3.45. The zero-order valence-electron chi connectivity index (χ0n) is 11.1. The van der Waals surface area contributed by atoms with E-state index in [9.17, 15) is 8.42 Å². The van der Waals surface area contributed by atoms with Crippen LogP contribution in [-0.2, 0) is 10.0 Å². The van der Waals surface area contributed by atoms with E-state index in [1.807, 2.05) is 13.0 Å². The molecule has 4 nitrogen and oxygen atoms in total. The monoisotopic (exact) mass is 354 g/mol. The number of nitrogen functional groups attached to an aromatic ring is 1. The van der Waals surface area contributed by atoms with Crippen molar-refractivity contribution in [3.63, 3.8) is 0 Å². The highest BCUT2D eigenvalue weighted by Gasteiger charge is 2.18. The topological polar surface area (TPSA) is 72.2 Å². The number of sulfonamides is 1. The van der Waals surface area contributed by atoms with E-state index in [2.05, 4.69) is 20.7 Å². The summed E-state index contributed by atoms with van der Waals surface area (Å²) in [5.41, 5.74) is 8.30. The molecule has 106 valence electrons. The van der Waals surface area contributed by atoms with Crippen molar-refractivity contribution in [1.82, 2.24) is 0 Å². The molecule has 0 aliphatic carbocycles. The second-order valence-electron chi connectivity index (χ2n) is 4.61. The second-order valence-corrected chi connectivity index (χ2v) is 7.12. The standard InChI is InChI=1S/C14H15BrN2O2S/c1-9-4-3-5-11(6-9)17-20(18,19)14-8-13(16)12(15)7-10(14)2/h3-8,17H,16H2,1-2H3. The minimum atomic E-state index is -3.65. The van der Waals surface area contributed by atoms with Crippen molar-refractivity contribution in [1.29, 1.82) is 0 Å². The zero-order valence-corrected chi connectivity index (χ0v) is 13.5. The molecule has 0 aliphatic heterocycles. The number of hydrogen-bond acceptors (Lipinski definition) is 3. The van der Waals surface area contributed by atoms with Crippen LogP contribution in [0.1, 0.15) is 11.1 Å². The Balaban J connectivity index is 2.43. The smallest absolute Gasteiger partial charge is 0.262 e. The minimum Gasteiger partial charge on any atom is -0.398 e. The van der Waals surface area contributed by atoms with Gasteiger partial charge in [0.25, 0.3) is 10.0 Å². The van der Waals surface area contributed by atoms with Gasteiger partial charge in [-0.3, -0.25) is 4.72 Å². The molecule has 2 rings (SSSR count). The molecule has 0 aliphatic rings. The number of aryl methyl sites for hydroxylation is 2. The lowest BCUT2D eigenvalue weighted by atomic mass is 10.2. The van der Waals surface area contributed by atoms with Gasteiger partial charge in [-0.25, -0.2) is 8.42 Å². The number of rotatable bonds is 3. The number of benzene rings is 2. The Kier molecular flexibility index (Phi) is 4.06. The zero-order chi connectivity index (χ0) is 14.9. The average Bonchev–Trinajstić information content (AvgIpc) is 2.33. The molecule has 2 aromatic rings. The number of nitrogens with one attached hydrogen (secondary N) is 1. The third-order valence-electron chi connectivity index (χ3n) is 2.85. The van der Waals surface area contributed by atoms with Gasteiger partial charge in [0.05, 0.1) is 4.90 Å². The molecule has 0 amide bonds. The minimum absolute atomic E-state index is 0.180. The maximum absolute atomic E-state index is 12.4. The molecule has 0 spiro atoms. The Hall–Kier alpha value is -1.53. The van der Waals surface area contributed by atoms with Crippen LogP contribution in [0.5, 0.6) is 0 Å². The van der Waals surface area contributed by atoms with E-state index in [0.717, 1.165) is 5.56 Å². The van der Waals surface area contributed by atoms with Gasteiger partial charge in [0.2, 0.25) is 0 Å². The number of hydrogen-bond donors (Lipinski definition) is 2. The summed E-state index contributed by atoms with van der Waals surface area (Å²) in [5.74, 6) is 0. The molecule has 3 N–H and O–H groups in total. The second kappa shape index (κ2) is 5.46. The molecular weight excluding hydrogens is 340 g/mol. The molecule has 0 bridgehead atoms. The maximum Gasteiger partial charge on any atom is 0.262 e. The predicted molar refractivity (Wildman–Crippen MR) is 85.3 cm³/mol. The van der Waals surface area contributed by atoms with Crippen molar-refractivity contribution < 1.29 is 8.42 Å². The van der Waals surface area contributed by atoms with E-state index in [1.165, 1.54) is 6.07 Å². The lowest BCUT2D eigenvalue weighted by molar-refractivity contribution is 0.600. The van der Waals surface area contributed by atoms with Crippen molar-refractivity contribution in [3.8, 4) is 0 Å². The van der Waals surface area contributed by atoms with Crippen LogP contribution in [0.25, 0.3) is 0 Å². The van der Waals surface area contributed by atoms with Gasteiger partial charge in [-0.05, 0) is 65.2 Å². The molecule has 0 saturated heterocycles. The molecule has 0 atom stereocenters. The van der Waals surface area contributed by atoms with Crippen molar-refractivity contribution in [2.75, 3.05) is 10.5 Å². The van der Waals surface area contributed by atoms with Crippen LogP contribution < -0.4 is 10.5 Å². The van der Waals surface area contributed by atoms with Gasteiger partial charge >= 0.3 is 0 Å². The summed E-state index contributed by atoms with van der Waals surface area (Å²) in [4.78, 5) is 0.180. The van der Waals surface area contributed by atoms with Crippen molar-refractivity contribution in [2.45, 2.75) is 18.7 Å². The van der Waals surface area contributed by atoms with Gasteiger partial charge in [0.15, 0.2) is 0 Å². The average molecular weight is 355 g/mol. The fourth-order valence-corrected chi connectivity index (χ4v) is 3.65. The van der Waals surface area contributed by atoms with Crippen LogP contribution in [0.2, 0.25) is 0 Å². The van der Waals surface area contributed by atoms with Crippen LogP contribution >= 0.6 is 15.9 Å². The Bertz CT molecular complexity index is 758. The summed E-state index contributed by atoms with van der Waals surface area (Å²) in [6, 6.07) is 10.3. The van der Waals surface area contributed by atoms with Gasteiger partial charge < -0.3 is 5.73 Å². The molecule has 0 aromatic heterocycles. The highest BCUT2D eigenvalue weighted by molar-refractivity contribution is 9.10. The Morgan fingerprint density at radius 3 is 2.50 bits per heavy atom. The van der Waals surface area contributed by atoms with Gasteiger partial charge in [-0.2, -0.15) is 0 Å². The van der Waals surface area contributed by atoms with Gasteiger partial charge in [0, 0.05) is 15.8 Å². The Morgan fingerprint density at radius 1 is 1.15 bits per heavy atom. The van der Waals surface area contributed by atoms with Crippen LogP contribution in [0.4, 0.5) is 11.4 Å². The summed E-state index contributed by atoms with van der Waals surface area (Å²) in [6.07, 6.45) is 0. The highest BCUT2D eigenvalue weighted by Crippen LogP contribution is 2.28. The molecule has 0 radical (unpaired) electrons. The van der Waals surface area contributed by atoms with Gasteiger partial charge in [-0.1, -0.05) is 12.1 Å². The van der Waals surface area contributed by atoms with Crippen LogP contribution in [0, 0.1) is 13.8 Å². The summed E-state index contributed by atoms with van der Waals surface area (Å²) in [5, 5.41) is 0. The molecular formula is C14H15BrN2O2S. The molecule has 6 heteroatoms. The third kappa shape index (κ3) is 3.13. The van der Waals surface area contributed by atoms with Gasteiger partial charge in [0.1, 0.15) is 0 Å². The Labute approximate surface area is 127 Å². The van der Waals surface area contributed by atoms with E-state index in [1.54, 1.807) is 31.2 Å². The molecule has 20 heavy (non-hydrogen) atoms. The van der Waals surface area contributed by atoms with Crippen LogP contribution in [-0.4, -0.2) is 8.42 Å². The largest absolute Gasteiger partial charge is 0.398 e. The number of halogens is 1. The van der Waals surface area contributed by atoms with E-state index in [0.29, 0.717) is 21.4 Å². The summed E-state index contributed by atoms with van der Waals surface area (Å²) < 4.78 is 28.1. The van der Waals surface area contributed by atoms with Crippen molar-refractivity contribution >= 4 is 37.3 Å². The van der Waals surface area contributed by atoms with E-state index < -0.39 is 10.0 Å². The first-order chi connectivity index (χ1) is 9.29. The Morgan fingerprint density at radius 2 is 1.85 bits per heavy atom. The number of nitrogens with two attached hydrogens (primary N) is 1. The van der Waals surface area contributed by atoms with Crippen molar-refractivity contribution in [3.05, 3.63) is 52.0 Å². The number of anilines is 2. The molecule has 0 saturated carbocycles. The maximum atomic E-state index is 12.4. The van der Waals surface area contributed by atoms with Crippen LogP contribution in [0.3, 0.4) is 0 Å². The first-order valence-electron chi connectivity index (χ1n) is 5.95. The molecule has 0 heterocycles. The summed E-state index contributed by atoms with van der Waals surface area (Å²) in [7, 11) is -3.65. The lowest BCUT2D eigenvalue weighted by Gasteiger charge is -2.12.